The van der Waals surface area contributed by atoms with Gasteiger partial charge in [0.05, 0.1) is 25.5 Å². The van der Waals surface area contributed by atoms with Crippen LogP contribution in [0.25, 0.3) is 11.1 Å². The van der Waals surface area contributed by atoms with Gasteiger partial charge in [-0.2, -0.15) is 0 Å². The summed E-state index contributed by atoms with van der Waals surface area (Å²) in [6, 6.07) is 14.5. The number of likely N-dealkylation sites (tertiary alicyclic amines) is 1. The van der Waals surface area contributed by atoms with Crippen LogP contribution < -0.4 is 10.5 Å². The molecule has 0 spiro atoms. The van der Waals surface area contributed by atoms with Gasteiger partial charge in [-0.25, -0.2) is 0 Å². The molecule has 2 aromatic rings. The maximum atomic E-state index is 13.2. The standard InChI is InChI=1S/C29H30N4O5.ClH/c1-37-27(35)17-23-16-24(33(29(23)36)18-26(34)32-14-4-2-3-5-15-32)19-38-25-12-10-21(11-13-25)20-6-8-22(9-7-20)28(30)31;/h2-15,23-24H,16-19H2,1H3,(H3,30,31);1H/t23-,24-;/m0./s1. The highest BCUT2D eigenvalue weighted by Gasteiger charge is 2.42. The van der Waals surface area contributed by atoms with Crippen LogP contribution in [0.15, 0.2) is 85.2 Å². The van der Waals surface area contributed by atoms with Gasteiger partial charge in [-0.05, 0) is 41.8 Å². The number of nitrogen functional groups attached to an aromatic ring is 1. The van der Waals surface area contributed by atoms with E-state index >= 15 is 0 Å². The molecule has 0 unspecified atom stereocenters. The molecule has 10 heteroatoms. The molecule has 2 aliphatic rings. The van der Waals surface area contributed by atoms with Crippen molar-refractivity contribution in [3.63, 3.8) is 0 Å². The zero-order chi connectivity index (χ0) is 27.1. The third-order valence-electron chi connectivity index (χ3n) is 6.52. The molecule has 0 bridgehead atoms. The molecule has 204 valence electrons. The van der Waals surface area contributed by atoms with Gasteiger partial charge in [-0.15, -0.1) is 12.4 Å². The molecule has 2 amide bonds. The number of ether oxygens (including phenoxy) is 2. The molecular weight excluding hydrogens is 520 g/mol. The molecule has 1 fully saturated rings. The first-order valence-electron chi connectivity index (χ1n) is 12.2. The van der Waals surface area contributed by atoms with E-state index in [1.165, 1.54) is 16.9 Å². The number of carbonyl (C=O) groups excluding carboxylic acids is 3. The minimum atomic E-state index is -0.568. The molecule has 0 aliphatic carbocycles. The number of carbonyl (C=O) groups is 3. The minimum absolute atomic E-state index is 0. The van der Waals surface area contributed by atoms with Crippen molar-refractivity contribution in [1.82, 2.24) is 9.80 Å². The van der Waals surface area contributed by atoms with E-state index in [4.69, 9.17) is 20.6 Å². The molecule has 9 nitrogen and oxygen atoms in total. The number of hydrogen-bond donors (Lipinski definition) is 2. The molecule has 2 aliphatic heterocycles. The molecular formula is C29H31ClN4O5. The highest BCUT2D eigenvalue weighted by molar-refractivity contribution is 5.95. The second-order valence-electron chi connectivity index (χ2n) is 9.03. The van der Waals surface area contributed by atoms with Crippen molar-refractivity contribution in [3.05, 3.63) is 90.8 Å². The molecule has 39 heavy (non-hydrogen) atoms. The van der Waals surface area contributed by atoms with Gasteiger partial charge in [-0.3, -0.25) is 24.7 Å². The minimum Gasteiger partial charge on any atom is -0.491 e. The number of allylic oxidation sites excluding steroid dienone is 4. The summed E-state index contributed by atoms with van der Waals surface area (Å²) in [5.41, 5.74) is 8.14. The molecule has 4 rings (SSSR count). The molecule has 2 atom stereocenters. The predicted molar refractivity (Wildman–Crippen MR) is 150 cm³/mol. The first-order valence-corrected chi connectivity index (χ1v) is 12.2. The Bertz CT molecular complexity index is 1270. The van der Waals surface area contributed by atoms with E-state index in [-0.39, 0.29) is 55.7 Å². The smallest absolute Gasteiger partial charge is 0.306 e. The first kappa shape index (κ1) is 29.2. The van der Waals surface area contributed by atoms with E-state index in [0.717, 1.165) is 11.1 Å². The molecule has 2 heterocycles. The van der Waals surface area contributed by atoms with Crippen molar-refractivity contribution in [2.24, 2.45) is 11.7 Å². The number of benzene rings is 2. The summed E-state index contributed by atoms with van der Waals surface area (Å²) < 4.78 is 10.8. The molecule has 0 aromatic heterocycles. The summed E-state index contributed by atoms with van der Waals surface area (Å²) >= 11 is 0. The number of hydrogen-bond acceptors (Lipinski definition) is 6. The van der Waals surface area contributed by atoms with E-state index < -0.39 is 11.9 Å². The monoisotopic (exact) mass is 550 g/mol. The fourth-order valence-electron chi connectivity index (χ4n) is 4.43. The molecule has 2 aromatic carbocycles. The fraction of sp³-hybridized carbons (Fsp3) is 0.241. The van der Waals surface area contributed by atoms with Crippen LogP contribution in [0.2, 0.25) is 0 Å². The Hall–Kier alpha value is -4.37. The van der Waals surface area contributed by atoms with Crippen LogP contribution in [0, 0.1) is 11.3 Å². The van der Waals surface area contributed by atoms with E-state index in [2.05, 4.69) is 0 Å². The second kappa shape index (κ2) is 13.4. The average molecular weight is 551 g/mol. The lowest BCUT2D eigenvalue weighted by molar-refractivity contribution is -0.145. The Morgan fingerprint density at radius 3 is 2.13 bits per heavy atom. The lowest BCUT2D eigenvalue weighted by atomic mass is 10.0. The quantitative estimate of drug-likeness (QED) is 0.279. The van der Waals surface area contributed by atoms with Crippen LogP contribution in [0.4, 0.5) is 0 Å². The average Bonchev–Trinajstić information content (AvgIpc) is 3.10. The predicted octanol–water partition coefficient (Wildman–Crippen LogP) is 3.64. The second-order valence-corrected chi connectivity index (χ2v) is 9.03. The van der Waals surface area contributed by atoms with Crippen molar-refractivity contribution in [1.29, 1.82) is 5.41 Å². The maximum Gasteiger partial charge on any atom is 0.306 e. The number of rotatable bonds is 9. The number of amidine groups is 1. The zero-order valence-corrected chi connectivity index (χ0v) is 22.3. The largest absolute Gasteiger partial charge is 0.491 e. The highest BCUT2D eigenvalue weighted by Crippen LogP contribution is 2.29. The number of halogens is 1. The Kier molecular flexibility index (Phi) is 10.1. The van der Waals surface area contributed by atoms with Crippen LogP contribution >= 0.6 is 12.4 Å². The number of nitrogens with zero attached hydrogens (tertiary/aromatic N) is 2. The summed E-state index contributed by atoms with van der Waals surface area (Å²) in [6.07, 6.45) is 10.7. The van der Waals surface area contributed by atoms with Crippen LogP contribution in [-0.2, 0) is 19.1 Å². The topological polar surface area (TPSA) is 126 Å². The van der Waals surface area contributed by atoms with Crippen molar-refractivity contribution in [2.75, 3.05) is 20.3 Å². The van der Waals surface area contributed by atoms with Gasteiger partial charge in [0, 0.05) is 18.0 Å². The van der Waals surface area contributed by atoms with Gasteiger partial charge in [0.1, 0.15) is 24.7 Å². The molecule has 0 saturated carbocycles. The van der Waals surface area contributed by atoms with E-state index in [1.807, 2.05) is 36.4 Å². The summed E-state index contributed by atoms with van der Waals surface area (Å²) in [5, 5.41) is 7.52. The van der Waals surface area contributed by atoms with Crippen LogP contribution in [0.5, 0.6) is 5.75 Å². The lowest BCUT2D eigenvalue weighted by Gasteiger charge is -2.26. The van der Waals surface area contributed by atoms with Crippen LogP contribution in [-0.4, -0.2) is 59.7 Å². The molecule has 1 saturated heterocycles. The Balaban J connectivity index is 0.00000420. The summed E-state index contributed by atoms with van der Waals surface area (Å²) in [7, 11) is 1.29. The summed E-state index contributed by atoms with van der Waals surface area (Å²) in [4.78, 5) is 40.9. The van der Waals surface area contributed by atoms with Crippen molar-refractivity contribution in [3.8, 4) is 16.9 Å². The number of nitrogens with two attached hydrogens (primary N) is 1. The van der Waals surface area contributed by atoms with Gasteiger partial charge in [0.15, 0.2) is 0 Å². The van der Waals surface area contributed by atoms with E-state index in [9.17, 15) is 14.4 Å². The highest BCUT2D eigenvalue weighted by atomic mass is 35.5. The van der Waals surface area contributed by atoms with Crippen LogP contribution in [0.3, 0.4) is 0 Å². The lowest BCUT2D eigenvalue weighted by Crippen LogP contribution is -2.43. The van der Waals surface area contributed by atoms with Gasteiger partial charge < -0.3 is 20.1 Å². The van der Waals surface area contributed by atoms with Crippen LogP contribution in [0.1, 0.15) is 18.4 Å². The Morgan fingerprint density at radius 1 is 0.974 bits per heavy atom. The third-order valence-corrected chi connectivity index (χ3v) is 6.52. The van der Waals surface area contributed by atoms with Gasteiger partial charge >= 0.3 is 5.97 Å². The number of methoxy groups -OCH3 is 1. The van der Waals surface area contributed by atoms with Gasteiger partial charge in [0.25, 0.3) is 0 Å². The normalized spacial score (nSPS) is 17.9. The number of amides is 2. The number of esters is 1. The number of nitrogens with one attached hydrogen (secondary N) is 1. The SMILES string of the molecule is COC(=O)C[C@@H]1C[C@@H](COc2ccc(-c3ccc(C(=N)N)cc3)cc2)N(CC(=O)N2C=CC=CC=C2)C1=O.Cl. The summed E-state index contributed by atoms with van der Waals surface area (Å²) in [5.74, 6) is -0.921. The van der Waals surface area contributed by atoms with Gasteiger partial charge in [-0.1, -0.05) is 48.6 Å². The molecule has 0 radical (unpaired) electrons. The molecule has 3 N–H and O–H groups in total. The first-order chi connectivity index (χ1) is 18.4. The zero-order valence-electron chi connectivity index (χ0n) is 21.5. The van der Waals surface area contributed by atoms with Crippen molar-refractivity contribution in [2.45, 2.75) is 18.9 Å². The van der Waals surface area contributed by atoms with E-state index in [1.54, 1.807) is 48.8 Å². The fourth-order valence-corrected chi connectivity index (χ4v) is 4.43. The van der Waals surface area contributed by atoms with E-state index in [0.29, 0.717) is 17.7 Å². The Labute approximate surface area is 233 Å². The van der Waals surface area contributed by atoms with Crippen molar-refractivity contribution < 1.29 is 23.9 Å². The van der Waals surface area contributed by atoms with Crippen molar-refractivity contribution >= 4 is 36.0 Å². The van der Waals surface area contributed by atoms with Gasteiger partial charge in [0.2, 0.25) is 11.8 Å². The maximum absolute atomic E-state index is 13.2. The summed E-state index contributed by atoms with van der Waals surface area (Å²) in [6.45, 7) is 0.0466. The Morgan fingerprint density at radius 2 is 1.56 bits per heavy atom. The third kappa shape index (κ3) is 7.36.